The van der Waals surface area contributed by atoms with Crippen molar-refractivity contribution in [2.24, 2.45) is 5.41 Å². The normalized spacial score (nSPS) is 21.5. The summed E-state index contributed by atoms with van der Waals surface area (Å²) < 4.78 is 26.6. The van der Waals surface area contributed by atoms with E-state index >= 15 is 0 Å². The first-order valence-electron chi connectivity index (χ1n) is 7.39. The molecule has 1 saturated heterocycles. The van der Waals surface area contributed by atoms with Crippen LogP contribution in [0.1, 0.15) is 31.7 Å². The molecule has 2 rings (SSSR count). The molecule has 1 aromatic rings. The smallest absolute Gasteiger partial charge is 0.230 e. The topological polar surface area (TPSA) is 32.3 Å². The molecule has 1 N–H and O–H groups in total. The lowest BCUT2D eigenvalue weighted by molar-refractivity contribution is -0.140. The molecule has 0 aromatic heterocycles. The minimum absolute atomic E-state index is 0.0399. The van der Waals surface area contributed by atoms with Gasteiger partial charge in [-0.2, -0.15) is 0 Å². The summed E-state index contributed by atoms with van der Waals surface area (Å²) in [6, 6.07) is 3.47. The Balaban J connectivity index is 2.11. The standard InChI is InChI=1S/C16H22F2N2O/c1-3-6-16(7-8-19-11-16)15(21)20(2)10-12-4-5-13(17)9-14(12)18/h4-5,9,19H,3,6-8,10-11H2,1-2H3. The molecule has 1 aliphatic heterocycles. The molecule has 0 radical (unpaired) electrons. The quantitative estimate of drug-likeness (QED) is 0.906. The molecule has 3 nitrogen and oxygen atoms in total. The zero-order valence-corrected chi connectivity index (χ0v) is 12.6. The van der Waals surface area contributed by atoms with E-state index in [9.17, 15) is 13.6 Å². The van der Waals surface area contributed by atoms with Crippen molar-refractivity contribution in [3.05, 3.63) is 35.4 Å². The van der Waals surface area contributed by atoms with Gasteiger partial charge in [0.05, 0.1) is 5.41 Å². The van der Waals surface area contributed by atoms with Crippen molar-refractivity contribution >= 4 is 5.91 Å². The molecule has 1 amide bonds. The highest BCUT2D eigenvalue weighted by molar-refractivity contribution is 5.83. The van der Waals surface area contributed by atoms with Gasteiger partial charge < -0.3 is 10.2 Å². The fourth-order valence-electron chi connectivity index (χ4n) is 3.11. The Kier molecular flexibility index (Phi) is 4.93. The van der Waals surface area contributed by atoms with Gasteiger partial charge in [-0.1, -0.05) is 19.4 Å². The average Bonchev–Trinajstić information content (AvgIpc) is 2.91. The fourth-order valence-corrected chi connectivity index (χ4v) is 3.11. The van der Waals surface area contributed by atoms with Crippen LogP contribution in [0.5, 0.6) is 0 Å². The number of rotatable bonds is 5. The summed E-state index contributed by atoms with van der Waals surface area (Å²) in [5.41, 5.74) is -0.0372. The molecule has 1 unspecified atom stereocenters. The molecule has 1 aliphatic rings. The summed E-state index contributed by atoms with van der Waals surface area (Å²) in [6.07, 6.45) is 2.58. The van der Waals surface area contributed by atoms with Gasteiger partial charge in [-0.05, 0) is 25.5 Å². The Morgan fingerprint density at radius 1 is 1.43 bits per heavy atom. The van der Waals surface area contributed by atoms with Crippen LogP contribution in [-0.4, -0.2) is 30.9 Å². The first-order chi connectivity index (χ1) is 9.98. The lowest BCUT2D eigenvalue weighted by Gasteiger charge is -2.31. The second-order valence-corrected chi connectivity index (χ2v) is 5.85. The molecule has 1 aromatic carbocycles. The maximum atomic E-state index is 13.7. The second kappa shape index (κ2) is 6.52. The number of benzene rings is 1. The molecular weight excluding hydrogens is 274 g/mol. The van der Waals surface area contributed by atoms with Crippen LogP contribution in [0.2, 0.25) is 0 Å². The highest BCUT2D eigenvalue weighted by Crippen LogP contribution is 2.33. The van der Waals surface area contributed by atoms with Crippen molar-refractivity contribution in [3.63, 3.8) is 0 Å². The number of carbonyl (C=O) groups is 1. The van der Waals surface area contributed by atoms with Crippen molar-refractivity contribution in [1.82, 2.24) is 10.2 Å². The maximum absolute atomic E-state index is 13.7. The highest BCUT2D eigenvalue weighted by Gasteiger charge is 2.41. The lowest BCUT2D eigenvalue weighted by Crippen LogP contribution is -2.43. The van der Waals surface area contributed by atoms with Crippen molar-refractivity contribution < 1.29 is 13.6 Å². The molecule has 1 atom stereocenters. The number of nitrogens with zero attached hydrogens (tertiary/aromatic N) is 1. The minimum Gasteiger partial charge on any atom is -0.341 e. The number of nitrogens with one attached hydrogen (secondary N) is 1. The van der Waals surface area contributed by atoms with E-state index in [0.29, 0.717) is 12.1 Å². The van der Waals surface area contributed by atoms with E-state index in [1.165, 1.54) is 12.1 Å². The van der Waals surface area contributed by atoms with Crippen molar-refractivity contribution in [3.8, 4) is 0 Å². The third-order valence-electron chi connectivity index (χ3n) is 4.20. The van der Waals surface area contributed by atoms with Gasteiger partial charge in [0, 0.05) is 31.8 Å². The largest absolute Gasteiger partial charge is 0.341 e. The molecule has 1 heterocycles. The van der Waals surface area contributed by atoms with Crippen LogP contribution in [0.15, 0.2) is 18.2 Å². The molecule has 1 fully saturated rings. The van der Waals surface area contributed by atoms with Crippen LogP contribution < -0.4 is 5.32 Å². The summed E-state index contributed by atoms with van der Waals surface area (Å²) in [5, 5.41) is 3.25. The predicted molar refractivity (Wildman–Crippen MR) is 77.7 cm³/mol. The first kappa shape index (κ1) is 15.9. The van der Waals surface area contributed by atoms with E-state index < -0.39 is 11.6 Å². The van der Waals surface area contributed by atoms with E-state index in [1.54, 1.807) is 11.9 Å². The van der Waals surface area contributed by atoms with Crippen LogP contribution in [0.4, 0.5) is 8.78 Å². The highest BCUT2D eigenvalue weighted by atomic mass is 19.1. The van der Waals surface area contributed by atoms with Crippen molar-refractivity contribution in [2.75, 3.05) is 20.1 Å². The number of halogens is 2. The predicted octanol–water partition coefficient (Wildman–Crippen LogP) is 2.70. The first-order valence-corrected chi connectivity index (χ1v) is 7.39. The monoisotopic (exact) mass is 296 g/mol. The zero-order valence-electron chi connectivity index (χ0n) is 12.6. The van der Waals surface area contributed by atoms with Gasteiger partial charge in [-0.15, -0.1) is 0 Å². The zero-order chi connectivity index (χ0) is 15.5. The van der Waals surface area contributed by atoms with E-state index in [-0.39, 0.29) is 17.9 Å². The molecule has 0 aliphatic carbocycles. The van der Waals surface area contributed by atoms with Gasteiger partial charge in [0.2, 0.25) is 5.91 Å². The number of amides is 1. The third-order valence-corrected chi connectivity index (χ3v) is 4.20. The maximum Gasteiger partial charge on any atom is 0.230 e. The summed E-state index contributed by atoms with van der Waals surface area (Å²) >= 11 is 0. The molecule has 0 bridgehead atoms. The van der Waals surface area contributed by atoms with Gasteiger partial charge in [-0.25, -0.2) is 8.78 Å². The van der Waals surface area contributed by atoms with E-state index in [2.05, 4.69) is 12.2 Å². The second-order valence-electron chi connectivity index (χ2n) is 5.85. The minimum atomic E-state index is -0.608. The average molecular weight is 296 g/mol. The van der Waals surface area contributed by atoms with Crippen LogP contribution in [0.3, 0.4) is 0 Å². The lowest BCUT2D eigenvalue weighted by atomic mass is 9.81. The van der Waals surface area contributed by atoms with E-state index in [4.69, 9.17) is 0 Å². The van der Waals surface area contributed by atoms with Gasteiger partial charge in [0.15, 0.2) is 0 Å². The number of carbonyl (C=O) groups excluding carboxylic acids is 1. The fraction of sp³-hybridized carbons (Fsp3) is 0.562. The molecule has 21 heavy (non-hydrogen) atoms. The summed E-state index contributed by atoms with van der Waals surface area (Å²) in [4.78, 5) is 14.3. The summed E-state index contributed by atoms with van der Waals surface area (Å²) in [7, 11) is 1.68. The van der Waals surface area contributed by atoms with Gasteiger partial charge in [-0.3, -0.25) is 4.79 Å². The summed E-state index contributed by atoms with van der Waals surface area (Å²) in [6.45, 7) is 3.74. The molecule has 0 spiro atoms. The Labute approximate surface area is 124 Å². The van der Waals surface area contributed by atoms with Crippen LogP contribution >= 0.6 is 0 Å². The Morgan fingerprint density at radius 3 is 2.76 bits per heavy atom. The Bertz CT molecular complexity index is 513. The van der Waals surface area contributed by atoms with Crippen molar-refractivity contribution in [2.45, 2.75) is 32.7 Å². The SMILES string of the molecule is CCCC1(C(=O)N(C)Cc2ccc(F)cc2F)CCNC1. The Hall–Kier alpha value is -1.49. The molecule has 5 heteroatoms. The Morgan fingerprint density at radius 2 is 2.19 bits per heavy atom. The van der Waals surface area contributed by atoms with E-state index in [0.717, 1.165) is 31.9 Å². The van der Waals surface area contributed by atoms with Crippen molar-refractivity contribution in [1.29, 1.82) is 0 Å². The summed E-state index contributed by atoms with van der Waals surface area (Å²) in [5.74, 6) is -1.17. The van der Waals surface area contributed by atoms with Gasteiger partial charge >= 0.3 is 0 Å². The molecule has 0 saturated carbocycles. The third kappa shape index (κ3) is 3.40. The molecular formula is C16H22F2N2O. The van der Waals surface area contributed by atoms with E-state index in [1.807, 2.05) is 0 Å². The number of hydrogen-bond donors (Lipinski definition) is 1. The molecule has 116 valence electrons. The van der Waals surface area contributed by atoms with Gasteiger partial charge in [0.25, 0.3) is 0 Å². The van der Waals surface area contributed by atoms with Crippen LogP contribution in [-0.2, 0) is 11.3 Å². The van der Waals surface area contributed by atoms with Crippen LogP contribution in [0.25, 0.3) is 0 Å². The number of hydrogen-bond acceptors (Lipinski definition) is 2. The van der Waals surface area contributed by atoms with Crippen LogP contribution in [0, 0.1) is 17.0 Å². The van der Waals surface area contributed by atoms with Gasteiger partial charge in [0.1, 0.15) is 11.6 Å².